The fourth-order valence-electron chi connectivity index (χ4n) is 8.56. The van der Waals surface area contributed by atoms with Gasteiger partial charge < -0.3 is 39.4 Å². The number of fused-ring (bicyclic) bond motifs is 4. The minimum absolute atomic E-state index is 0. The van der Waals surface area contributed by atoms with Crippen LogP contribution in [0, 0.1) is 29.6 Å². The summed E-state index contributed by atoms with van der Waals surface area (Å²) in [7, 11) is 3.46. The van der Waals surface area contributed by atoms with Crippen molar-refractivity contribution in [1.29, 1.82) is 10.5 Å². The lowest BCUT2D eigenvalue weighted by atomic mass is 10.0. The average Bonchev–Trinajstić information content (AvgIpc) is 1.82. The van der Waals surface area contributed by atoms with Crippen molar-refractivity contribution in [2.75, 3.05) is 52.9 Å². The van der Waals surface area contributed by atoms with Crippen molar-refractivity contribution in [3.05, 3.63) is 173 Å². The molecule has 0 radical (unpaired) electrons. The molecule has 25 heteroatoms. The summed E-state index contributed by atoms with van der Waals surface area (Å²) in [4.78, 5) is 48.9. The summed E-state index contributed by atoms with van der Waals surface area (Å²) in [6.45, 7) is 4.21. The Morgan fingerprint density at radius 3 is 1.33 bits per heavy atom. The molecule has 5 aromatic rings. The number of phenols is 1. The van der Waals surface area contributed by atoms with Crippen LogP contribution in [0.2, 0.25) is 0 Å². The number of phenolic OH excluding ortho intramolecular Hbond substituents is 1. The van der Waals surface area contributed by atoms with Crippen molar-refractivity contribution in [2.45, 2.75) is 79.6 Å². The molecule has 0 unspecified atom stereocenters. The number of esters is 2. The average molecular weight is 1570 g/mol. The number of aromatic hydroxyl groups is 1. The van der Waals surface area contributed by atoms with Crippen molar-refractivity contribution in [1.82, 2.24) is 4.90 Å². The predicted molar refractivity (Wildman–Crippen MR) is 350 cm³/mol. The van der Waals surface area contributed by atoms with Gasteiger partial charge in [-0.2, -0.15) is 10.5 Å². The zero-order valence-electron chi connectivity index (χ0n) is 48.2. The van der Waals surface area contributed by atoms with Gasteiger partial charge in [0, 0.05) is 78.4 Å². The van der Waals surface area contributed by atoms with Gasteiger partial charge in [0.25, 0.3) is 19.3 Å². The fraction of sp³-hybridized carbons (Fsp3) is 0.292. The number of carbonyl (C=O) groups is 4. The third-order valence-electron chi connectivity index (χ3n) is 12.6. The van der Waals surface area contributed by atoms with E-state index in [4.69, 9.17) is 39.9 Å². The van der Waals surface area contributed by atoms with Gasteiger partial charge in [-0.25, -0.2) is 35.9 Å². The van der Waals surface area contributed by atoms with Crippen LogP contribution in [0.25, 0.3) is 24.3 Å². The van der Waals surface area contributed by atoms with E-state index in [9.17, 15) is 50.6 Å². The number of hydrogen-bond acceptors (Lipinski definition) is 14. The molecule has 0 bridgehead atoms. The van der Waals surface area contributed by atoms with Crippen LogP contribution in [0.1, 0.15) is 77.8 Å². The first kappa shape index (κ1) is 75.3. The number of hydrogen-bond donors (Lipinski definition) is 2. The molecule has 4 aliphatic carbocycles. The highest BCUT2D eigenvalue weighted by molar-refractivity contribution is 9.11. The molecule has 0 fully saturated rings. The van der Waals surface area contributed by atoms with E-state index in [0.717, 1.165) is 54.7 Å². The van der Waals surface area contributed by atoms with Crippen molar-refractivity contribution < 1.29 is 74.3 Å². The van der Waals surface area contributed by atoms with E-state index in [1.807, 2.05) is 43.3 Å². The van der Waals surface area contributed by atoms with Crippen LogP contribution in [0.4, 0.5) is 32.0 Å². The lowest BCUT2D eigenvalue weighted by Crippen LogP contribution is -2.10. The molecule has 5 aromatic carbocycles. The Kier molecular flexibility index (Phi) is 30.1. The van der Waals surface area contributed by atoms with Gasteiger partial charge in [0.2, 0.25) is 5.78 Å². The number of ether oxygens (including phenoxy) is 5. The number of nitrogens with zero attached hydrogens (tertiary/aromatic N) is 3. The predicted octanol–water partition coefficient (Wildman–Crippen LogP) is 16.3. The summed E-state index contributed by atoms with van der Waals surface area (Å²) in [6.07, 6.45) is 2.36. The minimum Gasteiger partial charge on any atom is -0.507 e. The number of nitrogen functional groups attached to an aromatic ring is 1. The zero-order chi connectivity index (χ0) is 65.8. The maximum atomic E-state index is 12.4. The van der Waals surface area contributed by atoms with Gasteiger partial charge in [-0.05, 0) is 220 Å². The molecule has 90 heavy (non-hydrogen) atoms. The standard InChI is InChI=1S/C17H15BrF2N2O2.C14H10BrF2NO2.C14H13BrF2O3.C12H11BrO3.C7H8BrN.CH4/c1-22(2)8-13(7-21)17(23)12-3-10-5-14(18)15(6-11(10)4-12)24-9-16(19)20;15-11-5-8-3-10(12(19)1-2-18)4-9(8)6-13(11)20-7-14(16)17;1-2-19-14(18)10-3-8-5-11(15)12(6-9(8)4-10)20-7-13(16)17;1-2-16-12(15)9-3-7-5-10(13)11(14)6-8(7)4-9;1-5-2-3-6(9)4-7(5)8;/h4-6,8,16H,3,9H2,1-2H3;4-6,14H,1,3,7H2;4-6,13H,2-3,7H2,1H3;4-6,14H,2-3H2,1H3;2-4H,9H2,1H3;1H4. The summed E-state index contributed by atoms with van der Waals surface area (Å²) >= 11 is 16.4. The number of benzene rings is 5. The van der Waals surface area contributed by atoms with Gasteiger partial charge in [-0.1, -0.05) is 29.4 Å². The largest absolute Gasteiger partial charge is 0.507 e. The molecule has 3 N–H and O–H groups in total. The van der Waals surface area contributed by atoms with Crippen LogP contribution in [0.3, 0.4) is 0 Å². The first-order valence-electron chi connectivity index (χ1n) is 26.8. The lowest BCUT2D eigenvalue weighted by Gasteiger charge is -2.09. The van der Waals surface area contributed by atoms with Gasteiger partial charge >= 0.3 is 11.9 Å². The van der Waals surface area contributed by atoms with Gasteiger partial charge in [0.05, 0.1) is 43.6 Å². The summed E-state index contributed by atoms with van der Waals surface area (Å²) in [6, 6.07) is 23.1. The Hall–Kier alpha value is -7.16. The van der Waals surface area contributed by atoms with Crippen LogP contribution in [0.15, 0.2) is 123 Å². The number of rotatable bonds is 18. The third-order valence-corrected chi connectivity index (χ3v) is 16.0. The number of allylic oxidation sites excluding steroid dienone is 3. The maximum absolute atomic E-state index is 12.4. The van der Waals surface area contributed by atoms with Crippen LogP contribution in [-0.4, -0.2) is 99.9 Å². The maximum Gasteiger partial charge on any atom is 0.334 e. The Balaban J connectivity index is 0.000000245. The third kappa shape index (κ3) is 22.4. The Labute approximate surface area is 559 Å². The van der Waals surface area contributed by atoms with Crippen LogP contribution in [0.5, 0.6) is 23.0 Å². The number of carbonyl (C=O) groups excluding carboxylic acids is 4. The number of nitrogens with two attached hydrogens (primary N) is 1. The van der Waals surface area contributed by atoms with E-state index >= 15 is 0 Å². The molecule has 0 atom stereocenters. The van der Waals surface area contributed by atoms with Crippen LogP contribution in [-0.2, 0) is 54.3 Å². The monoisotopic (exact) mass is 1570 g/mol. The van der Waals surface area contributed by atoms with Crippen molar-refractivity contribution >= 4 is 133 Å². The summed E-state index contributed by atoms with van der Waals surface area (Å²) < 4.78 is 102. The molecule has 14 nitrogen and oxygen atoms in total. The van der Waals surface area contributed by atoms with Crippen molar-refractivity contribution in [3.8, 4) is 35.1 Å². The molecule has 0 aromatic heterocycles. The summed E-state index contributed by atoms with van der Waals surface area (Å²) in [5.41, 5.74) is 16.7. The number of aryl methyl sites for hydroxylation is 1. The van der Waals surface area contributed by atoms with E-state index in [1.54, 1.807) is 99.6 Å². The summed E-state index contributed by atoms with van der Waals surface area (Å²) in [5, 5.41) is 27.2. The Morgan fingerprint density at radius 2 is 0.967 bits per heavy atom. The van der Waals surface area contributed by atoms with E-state index in [1.165, 1.54) is 11.8 Å². The normalized spacial score (nSPS) is 12.7. The van der Waals surface area contributed by atoms with E-state index < -0.39 is 39.1 Å². The van der Waals surface area contributed by atoms with Crippen molar-refractivity contribution in [2.24, 2.45) is 0 Å². The minimum atomic E-state index is -2.56. The number of halogens is 11. The Bertz CT molecular complexity index is 3730. The molecule has 9 rings (SSSR count). The van der Waals surface area contributed by atoms with Crippen LogP contribution >= 0.6 is 79.6 Å². The number of anilines is 1. The van der Waals surface area contributed by atoms with Gasteiger partial charge in [0.1, 0.15) is 54.5 Å². The molecule has 0 amide bonds. The second-order valence-electron chi connectivity index (χ2n) is 19.6. The number of nitriles is 2. The number of alkyl halides is 6. The van der Waals surface area contributed by atoms with Gasteiger partial charge in [-0.3, -0.25) is 9.59 Å². The second-order valence-corrected chi connectivity index (χ2v) is 23.9. The van der Waals surface area contributed by atoms with E-state index in [2.05, 4.69) is 79.6 Å². The topological polar surface area (TPSA) is 211 Å². The quantitative estimate of drug-likeness (QED) is 0.0275. The zero-order valence-corrected chi connectivity index (χ0v) is 56.2. The van der Waals surface area contributed by atoms with E-state index in [-0.39, 0.29) is 48.7 Å². The number of ketones is 2. The molecule has 4 aliphatic rings. The number of Topliss-reactive ketones (excluding diaryl/α,β-unsaturated/α-hetero) is 2. The SMILES string of the molecule is C.CCOC(=O)C1=Cc2cc(O)c(Br)cc2C1.CCOC(=O)C1=Cc2cc(OCC(F)F)c(Br)cc2C1.CN(C)C=C(C#N)C(=O)C1=Cc2cc(OCC(F)F)c(Br)cc2C1.Cc1ccc(N)cc1Br.N#CCC(=O)C1=Cc2cc(OCC(F)F)c(Br)cc2C1. The molecule has 0 saturated carbocycles. The van der Waals surface area contributed by atoms with Crippen LogP contribution < -0.4 is 19.9 Å². The molecule has 478 valence electrons. The second kappa shape index (κ2) is 36.0. The summed E-state index contributed by atoms with van der Waals surface area (Å²) in [5.74, 6) is -0.0595. The van der Waals surface area contributed by atoms with Crippen molar-refractivity contribution in [3.63, 3.8) is 0 Å². The van der Waals surface area contributed by atoms with E-state index in [0.29, 0.717) is 96.3 Å². The smallest absolute Gasteiger partial charge is 0.334 e. The molecule has 0 saturated heterocycles. The molecule has 0 heterocycles. The fourth-order valence-corrected chi connectivity index (χ4v) is 10.9. The van der Waals surface area contributed by atoms with Gasteiger partial charge in [0.15, 0.2) is 5.78 Å². The molecular weight excluding hydrogens is 1510 g/mol. The molecule has 0 aliphatic heterocycles. The highest BCUT2D eigenvalue weighted by Crippen LogP contribution is 2.39. The highest BCUT2D eigenvalue weighted by Gasteiger charge is 2.26. The van der Waals surface area contributed by atoms with Gasteiger partial charge in [-0.15, -0.1) is 0 Å². The lowest BCUT2D eigenvalue weighted by molar-refractivity contribution is -0.139. The Morgan fingerprint density at radius 1 is 0.589 bits per heavy atom. The molecule has 0 spiro atoms. The first-order valence-corrected chi connectivity index (χ1v) is 30.7. The molecular formula is C65H61Br5F6N4O10. The first-order chi connectivity index (χ1) is 42.1. The highest BCUT2D eigenvalue weighted by atomic mass is 79.9.